The second-order valence-electron chi connectivity index (χ2n) is 5.14. The van der Waals surface area contributed by atoms with Crippen molar-refractivity contribution in [3.05, 3.63) is 18.2 Å². The molecule has 1 amide bonds. The van der Waals surface area contributed by atoms with Gasteiger partial charge in [0.25, 0.3) is 5.91 Å². The van der Waals surface area contributed by atoms with Crippen LogP contribution in [0.1, 0.15) is 12.8 Å². The van der Waals surface area contributed by atoms with Crippen molar-refractivity contribution in [2.24, 2.45) is 0 Å². The van der Waals surface area contributed by atoms with Crippen LogP contribution in [0.25, 0.3) is 0 Å². The molecule has 0 atom stereocenters. The van der Waals surface area contributed by atoms with Gasteiger partial charge in [0.05, 0.1) is 24.5 Å². The maximum absolute atomic E-state index is 12.3. The fourth-order valence-electron chi connectivity index (χ4n) is 1.97. The SMILES string of the molecule is CNC(=O)COC(=O)CCNS(=O)(=O)c1ccc2c(c1)OCCCO2. The third-order valence-electron chi connectivity index (χ3n) is 3.29. The monoisotopic (exact) mass is 372 g/mol. The Morgan fingerprint density at radius 1 is 1.20 bits per heavy atom. The molecule has 0 aliphatic carbocycles. The van der Waals surface area contributed by atoms with E-state index in [2.05, 4.69) is 14.8 Å². The lowest BCUT2D eigenvalue weighted by molar-refractivity contribution is -0.148. The van der Waals surface area contributed by atoms with Crippen molar-refractivity contribution in [2.45, 2.75) is 17.7 Å². The van der Waals surface area contributed by atoms with Crippen LogP contribution in [0, 0.1) is 0 Å². The minimum atomic E-state index is -3.81. The zero-order valence-corrected chi connectivity index (χ0v) is 14.6. The Hall–Kier alpha value is -2.33. The minimum Gasteiger partial charge on any atom is -0.490 e. The third-order valence-corrected chi connectivity index (χ3v) is 4.75. The number of esters is 1. The van der Waals surface area contributed by atoms with E-state index in [0.717, 1.165) is 0 Å². The first-order valence-electron chi connectivity index (χ1n) is 7.68. The van der Waals surface area contributed by atoms with Gasteiger partial charge in [-0.25, -0.2) is 13.1 Å². The zero-order valence-electron chi connectivity index (χ0n) is 13.7. The zero-order chi connectivity index (χ0) is 18.3. The molecule has 138 valence electrons. The average molecular weight is 372 g/mol. The van der Waals surface area contributed by atoms with Crippen LogP contribution in [0.15, 0.2) is 23.1 Å². The molecule has 0 aromatic heterocycles. The summed E-state index contributed by atoms with van der Waals surface area (Å²) in [6.45, 7) is 0.407. The molecule has 0 bridgehead atoms. The number of rotatable bonds is 7. The Morgan fingerprint density at radius 3 is 2.64 bits per heavy atom. The van der Waals surface area contributed by atoms with Crippen LogP contribution < -0.4 is 19.5 Å². The van der Waals surface area contributed by atoms with Gasteiger partial charge in [-0.3, -0.25) is 9.59 Å². The Bertz CT molecular complexity index is 733. The number of hydrogen-bond donors (Lipinski definition) is 2. The maximum atomic E-state index is 12.3. The lowest BCUT2D eigenvalue weighted by Gasteiger charge is -2.10. The Labute approximate surface area is 145 Å². The van der Waals surface area contributed by atoms with E-state index < -0.39 is 28.5 Å². The van der Waals surface area contributed by atoms with Crippen LogP contribution in [0.2, 0.25) is 0 Å². The van der Waals surface area contributed by atoms with E-state index in [4.69, 9.17) is 9.47 Å². The van der Waals surface area contributed by atoms with Gasteiger partial charge < -0.3 is 19.5 Å². The molecule has 1 aromatic carbocycles. The Balaban J connectivity index is 1.90. The fraction of sp³-hybridized carbons (Fsp3) is 0.467. The predicted molar refractivity (Wildman–Crippen MR) is 86.9 cm³/mol. The van der Waals surface area contributed by atoms with Gasteiger partial charge in [-0.2, -0.15) is 0 Å². The highest BCUT2D eigenvalue weighted by Gasteiger charge is 2.19. The van der Waals surface area contributed by atoms with Gasteiger partial charge >= 0.3 is 5.97 Å². The van der Waals surface area contributed by atoms with E-state index in [1.54, 1.807) is 0 Å². The predicted octanol–water partition coefficient (Wildman–Crippen LogP) is -0.194. The minimum absolute atomic E-state index is 0.00970. The van der Waals surface area contributed by atoms with Gasteiger partial charge in [-0.05, 0) is 12.1 Å². The molecule has 1 aliphatic heterocycles. The van der Waals surface area contributed by atoms with Crippen molar-refractivity contribution < 1.29 is 32.2 Å². The highest BCUT2D eigenvalue weighted by atomic mass is 32.2. The molecule has 9 nitrogen and oxygen atoms in total. The quantitative estimate of drug-likeness (QED) is 0.636. The molecule has 0 fully saturated rings. The number of ether oxygens (including phenoxy) is 3. The number of fused-ring (bicyclic) bond motifs is 1. The summed E-state index contributed by atoms with van der Waals surface area (Å²) >= 11 is 0. The first kappa shape index (κ1) is 19.0. The standard InChI is InChI=1S/C15H20N2O7S/c1-16-14(18)10-24-15(19)5-6-17-25(20,21)11-3-4-12-13(9-11)23-8-2-7-22-12/h3-4,9,17H,2,5-8,10H2,1H3,(H,16,18). The van der Waals surface area contributed by atoms with E-state index in [0.29, 0.717) is 31.1 Å². The lowest BCUT2D eigenvalue weighted by Crippen LogP contribution is -2.29. The van der Waals surface area contributed by atoms with Gasteiger partial charge in [0.15, 0.2) is 18.1 Å². The van der Waals surface area contributed by atoms with Gasteiger partial charge in [0, 0.05) is 26.1 Å². The normalized spacial score (nSPS) is 13.6. The molecule has 0 spiro atoms. The van der Waals surface area contributed by atoms with Crippen LogP contribution in [0.4, 0.5) is 0 Å². The summed E-state index contributed by atoms with van der Waals surface area (Å²) in [7, 11) is -2.39. The molecule has 25 heavy (non-hydrogen) atoms. The van der Waals surface area contributed by atoms with Crippen molar-refractivity contribution >= 4 is 21.9 Å². The molecule has 1 aliphatic rings. The molecule has 0 unspecified atom stereocenters. The molecule has 1 aromatic rings. The van der Waals surface area contributed by atoms with E-state index in [1.807, 2.05) is 0 Å². The third kappa shape index (κ3) is 5.61. The summed E-state index contributed by atoms with van der Waals surface area (Å²) in [5, 5.41) is 2.30. The van der Waals surface area contributed by atoms with Crippen LogP contribution in [0.3, 0.4) is 0 Å². The summed E-state index contributed by atoms with van der Waals surface area (Å²) < 4.78 is 42.4. The molecule has 10 heteroatoms. The van der Waals surface area contributed by atoms with Gasteiger partial charge in [0.1, 0.15) is 0 Å². The van der Waals surface area contributed by atoms with Gasteiger partial charge in [-0.15, -0.1) is 0 Å². The average Bonchev–Trinajstić information content (AvgIpc) is 2.84. The molecule has 0 saturated heterocycles. The molecular weight excluding hydrogens is 352 g/mol. The molecule has 0 radical (unpaired) electrons. The number of nitrogens with one attached hydrogen (secondary N) is 2. The topological polar surface area (TPSA) is 120 Å². The number of sulfonamides is 1. The summed E-state index contributed by atoms with van der Waals surface area (Å²) in [4.78, 5) is 22.4. The van der Waals surface area contributed by atoms with Crippen LogP contribution in [-0.4, -0.2) is 53.7 Å². The van der Waals surface area contributed by atoms with E-state index in [1.165, 1.54) is 25.2 Å². The largest absolute Gasteiger partial charge is 0.490 e. The maximum Gasteiger partial charge on any atom is 0.307 e. The molecular formula is C15H20N2O7S. The number of likely N-dealkylation sites (N-methyl/N-ethyl adjacent to an activating group) is 1. The molecule has 0 saturated carbocycles. The summed E-state index contributed by atoms with van der Waals surface area (Å²) in [6, 6.07) is 4.32. The number of benzene rings is 1. The molecule has 2 N–H and O–H groups in total. The fourth-order valence-corrected chi connectivity index (χ4v) is 3.02. The second-order valence-corrected chi connectivity index (χ2v) is 6.91. The number of carbonyl (C=O) groups excluding carboxylic acids is 2. The highest BCUT2D eigenvalue weighted by Crippen LogP contribution is 2.31. The number of hydrogen-bond acceptors (Lipinski definition) is 7. The number of carbonyl (C=O) groups is 2. The first-order valence-corrected chi connectivity index (χ1v) is 9.16. The van der Waals surface area contributed by atoms with Crippen molar-refractivity contribution in [1.29, 1.82) is 0 Å². The number of amides is 1. The van der Waals surface area contributed by atoms with E-state index >= 15 is 0 Å². The summed E-state index contributed by atoms with van der Waals surface area (Å²) in [5.41, 5.74) is 0. The highest BCUT2D eigenvalue weighted by molar-refractivity contribution is 7.89. The lowest BCUT2D eigenvalue weighted by atomic mass is 10.3. The van der Waals surface area contributed by atoms with Crippen LogP contribution in [-0.2, 0) is 24.3 Å². The Kier molecular flexibility index (Phi) is 6.59. The van der Waals surface area contributed by atoms with E-state index in [-0.39, 0.29) is 17.9 Å². The van der Waals surface area contributed by atoms with Gasteiger partial charge in [0.2, 0.25) is 10.0 Å². The van der Waals surface area contributed by atoms with Crippen molar-refractivity contribution in [3.8, 4) is 11.5 Å². The van der Waals surface area contributed by atoms with E-state index in [9.17, 15) is 18.0 Å². The first-order chi connectivity index (χ1) is 11.9. The summed E-state index contributed by atoms with van der Waals surface area (Å²) in [6.07, 6.45) is 0.522. The van der Waals surface area contributed by atoms with Crippen LogP contribution in [0.5, 0.6) is 11.5 Å². The summed E-state index contributed by atoms with van der Waals surface area (Å²) in [5.74, 6) is -0.259. The smallest absolute Gasteiger partial charge is 0.307 e. The van der Waals surface area contributed by atoms with Crippen molar-refractivity contribution in [3.63, 3.8) is 0 Å². The van der Waals surface area contributed by atoms with Gasteiger partial charge in [-0.1, -0.05) is 0 Å². The Morgan fingerprint density at radius 2 is 1.92 bits per heavy atom. The van der Waals surface area contributed by atoms with Crippen LogP contribution >= 0.6 is 0 Å². The van der Waals surface area contributed by atoms with Crippen molar-refractivity contribution in [1.82, 2.24) is 10.0 Å². The molecule has 1 heterocycles. The molecule has 2 rings (SSSR count). The second kappa shape index (κ2) is 8.67. The van der Waals surface area contributed by atoms with Crippen molar-refractivity contribution in [2.75, 3.05) is 33.4 Å².